The summed E-state index contributed by atoms with van der Waals surface area (Å²) in [5.74, 6) is 0.827. The van der Waals surface area contributed by atoms with Gasteiger partial charge in [-0.25, -0.2) is 0 Å². The number of rotatable bonds is 7. The van der Waals surface area contributed by atoms with Gasteiger partial charge >= 0.3 is 0 Å². The third-order valence-electron chi connectivity index (χ3n) is 6.43. The van der Waals surface area contributed by atoms with Crippen LogP contribution in [0.5, 0.6) is 11.5 Å². The number of carbonyl (C=O) groups excluding carboxylic acids is 1. The number of carbonyl (C=O) groups is 1. The minimum absolute atomic E-state index is 0.0805. The van der Waals surface area contributed by atoms with E-state index in [0.29, 0.717) is 36.8 Å². The van der Waals surface area contributed by atoms with E-state index in [1.807, 2.05) is 0 Å². The number of methoxy groups -OCH3 is 2. The molecule has 2 heterocycles. The molecule has 0 aliphatic carbocycles. The summed E-state index contributed by atoms with van der Waals surface area (Å²) in [6, 6.07) is 12.2. The van der Waals surface area contributed by atoms with Gasteiger partial charge in [-0.1, -0.05) is 18.2 Å². The van der Waals surface area contributed by atoms with Crippen molar-refractivity contribution in [1.29, 1.82) is 0 Å². The van der Waals surface area contributed by atoms with Crippen molar-refractivity contribution >= 4 is 11.6 Å². The molecule has 0 unspecified atom stereocenters. The minimum Gasteiger partial charge on any atom is -0.493 e. The van der Waals surface area contributed by atoms with Crippen LogP contribution in [-0.4, -0.2) is 71.5 Å². The van der Waals surface area contributed by atoms with Crippen molar-refractivity contribution in [3.05, 3.63) is 53.1 Å². The Morgan fingerprint density at radius 2 is 1.94 bits per heavy atom. The van der Waals surface area contributed by atoms with Crippen molar-refractivity contribution in [1.82, 2.24) is 10.2 Å². The summed E-state index contributed by atoms with van der Waals surface area (Å²) in [5.41, 5.74) is 4.40. The highest BCUT2D eigenvalue weighted by molar-refractivity contribution is 5.97. The van der Waals surface area contributed by atoms with E-state index in [-0.39, 0.29) is 11.9 Å². The lowest BCUT2D eigenvalue weighted by Gasteiger charge is -2.36. The number of nitrogens with one attached hydrogen (secondary N) is 1. The van der Waals surface area contributed by atoms with Gasteiger partial charge in [-0.3, -0.25) is 9.69 Å². The fraction of sp³-hybridized carbons (Fsp3) is 0.480. The Morgan fingerprint density at radius 1 is 1.12 bits per heavy atom. The van der Waals surface area contributed by atoms with E-state index in [1.54, 1.807) is 32.4 Å². The first-order valence-corrected chi connectivity index (χ1v) is 11.3. The molecule has 2 aliphatic rings. The lowest BCUT2D eigenvalue weighted by Crippen LogP contribution is -2.44. The van der Waals surface area contributed by atoms with Gasteiger partial charge in [0.25, 0.3) is 5.91 Å². The first-order valence-electron chi connectivity index (χ1n) is 11.3. The van der Waals surface area contributed by atoms with E-state index >= 15 is 0 Å². The zero-order chi connectivity index (χ0) is 22.5. The highest BCUT2D eigenvalue weighted by atomic mass is 16.5. The Labute approximate surface area is 190 Å². The molecule has 1 amide bonds. The number of nitrogens with zero attached hydrogens (tertiary/aromatic N) is 2. The van der Waals surface area contributed by atoms with Crippen LogP contribution in [0.25, 0.3) is 0 Å². The molecule has 0 bridgehead atoms. The van der Waals surface area contributed by atoms with Crippen molar-refractivity contribution in [3.63, 3.8) is 0 Å². The molecule has 2 aromatic rings. The summed E-state index contributed by atoms with van der Waals surface area (Å²) >= 11 is 0. The standard InChI is InChI=1S/C25H33N3O4/c1-27-11-5-6-18-16-19(9-10-21(18)27)22(28-12-14-32-15-13-28)17-26-25(29)20-7-4-8-23(30-2)24(20)31-3/h4,7-10,16,22H,5-6,11-15,17H2,1-3H3,(H,26,29)/t22-/m1/s1. The number of para-hydroxylation sites is 1. The average molecular weight is 440 g/mol. The summed E-state index contributed by atoms with van der Waals surface area (Å²) in [7, 11) is 5.27. The molecule has 1 atom stereocenters. The fourth-order valence-corrected chi connectivity index (χ4v) is 4.71. The first-order chi connectivity index (χ1) is 15.6. The molecule has 1 saturated heterocycles. The zero-order valence-corrected chi connectivity index (χ0v) is 19.2. The molecule has 32 heavy (non-hydrogen) atoms. The molecule has 2 aromatic carbocycles. The molecule has 172 valence electrons. The van der Waals surface area contributed by atoms with Crippen LogP contribution in [0.4, 0.5) is 5.69 Å². The van der Waals surface area contributed by atoms with E-state index in [9.17, 15) is 4.79 Å². The van der Waals surface area contributed by atoms with Crippen LogP contribution in [0.15, 0.2) is 36.4 Å². The Kier molecular flexibility index (Phi) is 7.17. The Bertz CT molecular complexity index is 943. The van der Waals surface area contributed by atoms with Crippen molar-refractivity contribution in [2.24, 2.45) is 0 Å². The molecule has 2 aliphatic heterocycles. The summed E-state index contributed by atoms with van der Waals surface area (Å²) in [4.78, 5) is 17.8. The van der Waals surface area contributed by atoms with E-state index in [1.165, 1.54) is 23.2 Å². The fourth-order valence-electron chi connectivity index (χ4n) is 4.71. The predicted octanol–water partition coefficient (Wildman–Crippen LogP) is 2.89. The number of anilines is 1. The number of ether oxygens (including phenoxy) is 3. The summed E-state index contributed by atoms with van der Waals surface area (Å²) in [6.07, 6.45) is 2.26. The van der Waals surface area contributed by atoms with E-state index in [4.69, 9.17) is 14.2 Å². The summed E-state index contributed by atoms with van der Waals surface area (Å²) < 4.78 is 16.4. The summed E-state index contributed by atoms with van der Waals surface area (Å²) in [6.45, 7) is 4.72. The van der Waals surface area contributed by atoms with Gasteiger partial charge in [0.15, 0.2) is 11.5 Å². The van der Waals surface area contributed by atoms with Crippen LogP contribution < -0.4 is 19.7 Å². The topological polar surface area (TPSA) is 63.3 Å². The number of hydrogen-bond donors (Lipinski definition) is 1. The van der Waals surface area contributed by atoms with Gasteiger partial charge in [0.05, 0.1) is 39.0 Å². The molecule has 0 saturated carbocycles. The molecule has 1 fully saturated rings. The first kappa shape index (κ1) is 22.4. The monoisotopic (exact) mass is 439 g/mol. The molecule has 7 nitrogen and oxygen atoms in total. The predicted molar refractivity (Wildman–Crippen MR) is 125 cm³/mol. The maximum absolute atomic E-state index is 13.1. The number of benzene rings is 2. The van der Waals surface area contributed by atoms with Crippen LogP contribution in [0.1, 0.15) is 33.9 Å². The van der Waals surface area contributed by atoms with Gasteiger partial charge in [0.1, 0.15) is 0 Å². The minimum atomic E-state index is -0.170. The number of amides is 1. The molecule has 0 radical (unpaired) electrons. The number of aryl methyl sites for hydroxylation is 1. The molecule has 0 aromatic heterocycles. The van der Waals surface area contributed by atoms with Crippen LogP contribution in [0.2, 0.25) is 0 Å². The Balaban J connectivity index is 1.57. The van der Waals surface area contributed by atoms with Crippen molar-refractivity contribution in [2.45, 2.75) is 18.9 Å². The third-order valence-corrected chi connectivity index (χ3v) is 6.43. The molecular formula is C25H33N3O4. The van der Waals surface area contributed by atoms with Crippen LogP contribution in [-0.2, 0) is 11.2 Å². The second kappa shape index (κ2) is 10.2. The zero-order valence-electron chi connectivity index (χ0n) is 19.2. The van der Waals surface area contributed by atoms with E-state index in [0.717, 1.165) is 26.1 Å². The molecule has 0 spiro atoms. The van der Waals surface area contributed by atoms with Crippen molar-refractivity contribution in [3.8, 4) is 11.5 Å². The van der Waals surface area contributed by atoms with Gasteiger partial charge in [-0.15, -0.1) is 0 Å². The lowest BCUT2D eigenvalue weighted by molar-refractivity contribution is 0.0162. The maximum Gasteiger partial charge on any atom is 0.255 e. The van der Waals surface area contributed by atoms with Gasteiger partial charge in [-0.2, -0.15) is 0 Å². The molecule has 7 heteroatoms. The van der Waals surface area contributed by atoms with Crippen molar-refractivity contribution < 1.29 is 19.0 Å². The molecule has 1 N–H and O–H groups in total. The van der Waals surface area contributed by atoms with Gasteiger partial charge < -0.3 is 24.4 Å². The highest BCUT2D eigenvalue weighted by Crippen LogP contribution is 2.32. The summed E-state index contributed by atoms with van der Waals surface area (Å²) in [5, 5.41) is 3.14. The largest absolute Gasteiger partial charge is 0.493 e. The highest BCUT2D eigenvalue weighted by Gasteiger charge is 2.26. The quantitative estimate of drug-likeness (QED) is 0.716. The molecular weight excluding hydrogens is 406 g/mol. The second-order valence-electron chi connectivity index (χ2n) is 8.33. The molecule has 4 rings (SSSR count). The average Bonchev–Trinajstić information content (AvgIpc) is 2.84. The number of morpholine rings is 1. The van der Waals surface area contributed by atoms with Crippen LogP contribution in [0.3, 0.4) is 0 Å². The Morgan fingerprint density at radius 3 is 2.69 bits per heavy atom. The van der Waals surface area contributed by atoms with E-state index in [2.05, 4.69) is 40.4 Å². The number of hydrogen-bond acceptors (Lipinski definition) is 6. The van der Waals surface area contributed by atoms with Gasteiger partial charge in [0.2, 0.25) is 0 Å². The second-order valence-corrected chi connectivity index (χ2v) is 8.33. The van der Waals surface area contributed by atoms with Crippen LogP contribution >= 0.6 is 0 Å². The maximum atomic E-state index is 13.1. The SMILES string of the molecule is COc1cccc(C(=O)NC[C@H](c2ccc3c(c2)CCCN3C)N2CCOCC2)c1OC. The third kappa shape index (κ3) is 4.69. The normalized spacial score (nSPS) is 17.4. The van der Waals surface area contributed by atoms with Crippen LogP contribution in [0, 0.1) is 0 Å². The Hall–Kier alpha value is -2.77. The lowest BCUT2D eigenvalue weighted by atomic mass is 9.95. The van der Waals surface area contributed by atoms with E-state index < -0.39 is 0 Å². The van der Waals surface area contributed by atoms with Gasteiger partial charge in [0, 0.05) is 38.9 Å². The number of fused-ring (bicyclic) bond motifs is 1. The van der Waals surface area contributed by atoms with Crippen molar-refractivity contribution in [2.75, 3.05) is 65.6 Å². The van der Waals surface area contributed by atoms with Gasteiger partial charge in [-0.05, 0) is 42.2 Å². The smallest absolute Gasteiger partial charge is 0.255 e.